The average Bonchev–Trinajstić information content (AvgIpc) is 2.73. The Hall–Kier alpha value is -4.13. The molecule has 152 valence electrons. The standard InChI is InChI=1S/C23H19NO6/c1-15(25)30-20-10-6-5-9-18(20)22(26)24-19-12-11-17(23(27)28)13-21(19)29-14-16-7-3-2-4-8-16/h2-13H,14H2,1H3,(H,24,26)(H,27,28). The van der Waals surface area contributed by atoms with Crippen molar-refractivity contribution in [2.75, 3.05) is 5.32 Å². The summed E-state index contributed by atoms with van der Waals surface area (Å²) in [5.74, 6) is -1.86. The summed E-state index contributed by atoms with van der Waals surface area (Å²) in [4.78, 5) is 35.4. The molecule has 3 rings (SSSR count). The molecule has 0 saturated heterocycles. The Labute approximate surface area is 172 Å². The van der Waals surface area contributed by atoms with Crippen LogP contribution >= 0.6 is 0 Å². The van der Waals surface area contributed by atoms with E-state index in [1.165, 1.54) is 37.3 Å². The fourth-order valence-corrected chi connectivity index (χ4v) is 2.70. The van der Waals surface area contributed by atoms with Gasteiger partial charge in [0.2, 0.25) is 0 Å². The van der Waals surface area contributed by atoms with E-state index in [4.69, 9.17) is 9.47 Å². The number of esters is 1. The molecule has 0 heterocycles. The van der Waals surface area contributed by atoms with Crippen molar-refractivity contribution < 1.29 is 29.0 Å². The minimum Gasteiger partial charge on any atom is -0.487 e. The van der Waals surface area contributed by atoms with Crippen LogP contribution in [0.15, 0.2) is 72.8 Å². The molecule has 0 aliphatic heterocycles. The third kappa shape index (κ3) is 5.23. The Morgan fingerprint density at radius 2 is 1.60 bits per heavy atom. The average molecular weight is 405 g/mol. The predicted molar refractivity (Wildman–Crippen MR) is 110 cm³/mol. The zero-order chi connectivity index (χ0) is 21.5. The highest BCUT2D eigenvalue weighted by atomic mass is 16.5. The number of amides is 1. The largest absolute Gasteiger partial charge is 0.487 e. The summed E-state index contributed by atoms with van der Waals surface area (Å²) >= 11 is 0. The van der Waals surface area contributed by atoms with Gasteiger partial charge in [-0.05, 0) is 35.9 Å². The van der Waals surface area contributed by atoms with E-state index < -0.39 is 17.8 Å². The number of benzene rings is 3. The van der Waals surface area contributed by atoms with Crippen molar-refractivity contribution in [3.05, 3.63) is 89.5 Å². The Bertz CT molecular complexity index is 1080. The van der Waals surface area contributed by atoms with Crippen LogP contribution in [0.25, 0.3) is 0 Å². The van der Waals surface area contributed by atoms with Crippen LogP contribution in [-0.4, -0.2) is 23.0 Å². The number of nitrogens with one attached hydrogen (secondary N) is 1. The van der Waals surface area contributed by atoms with Gasteiger partial charge in [0.1, 0.15) is 18.1 Å². The third-order valence-corrected chi connectivity index (χ3v) is 4.10. The van der Waals surface area contributed by atoms with Crippen molar-refractivity contribution in [2.24, 2.45) is 0 Å². The molecule has 1 amide bonds. The van der Waals surface area contributed by atoms with E-state index in [-0.39, 0.29) is 29.2 Å². The Morgan fingerprint density at radius 1 is 0.900 bits per heavy atom. The molecular weight excluding hydrogens is 386 g/mol. The Balaban J connectivity index is 1.87. The number of carboxylic acids is 1. The first-order chi connectivity index (χ1) is 14.4. The molecule has 0 atom stereocenters. The lowest BCUT2D eigenvalue weighted by molar-refractivity contribution is -0.131. The Morgan fingerprint density at radius 3 is 2.30 bits per heavy atom. The summed E-state index contributed by atoms with van der Waals surface area (Å²) in [6.07, 6.45) is 0. The first-order valence-electron chi connectivity index (χ1n) is 9.07. The molecule has 0 radical (unpaired) electrons. The molecule has 0 aliphatic rings. The van der Waals surface area contributed by atoms with Gasteiger partial charge in [0.15, 0.2) is 0 Å². The van der Waals surface area contributed by atoms with Crippen LogP contribution in [0, 0.1) is 0 Å². The van der Waals surface area contributed by atoms with Gasteiger partial charge in [-0.3, -0.25) is 9.59 Å². The van der Waals surface area contributed by atoms with E-state index in [0.717, 1.165) is 5.56 Å². The first kappa shape index (κ1) is 20.6. The molecule has 0 aliphatic carbocycles. The van der Waals surface area contributed by atoms with E-state index in [1.807, 2.05) is 30.3 Å². The van der Waals surface area contributed by atoms with Crippen LogP contribution in [0.3, 0.4) is 0 Å². The van der Waals surface area contributed by atoms with Gasteiger partial charge in [-0.1, -0.05) is 42.5 Å². The fourth-order valence-electron chi connectivity index (χ4n) is 2.70. The molecule has 0 fully saturated rings. The van der Waals surface area contributed by atoms with Gasteiger partial charge >= 0.3 is 11.9 Å². The maximum Gasteiger partial charge on any atom is 0.335 e. The molecule has 3 aromatic rings. The van der Waals surface area contributed by atoms with Gasteiger partial charge in [0.25, 0.3) is 5.91 Å². The van der Waals surface area contributed by atoms with Crippen LogP contribution in [0.2, 0.25) is 0 Å². The lowest BCUT2D eigenvalue weighted by Crippen LogP contribution is -2.16. The second-order valence-electron chi connectivity index (χ2n) is 6.33. The summed E-state index contributed by atoms with van der Waals surface area (Å²) in [7, 11) is 0. The molecular formula is C23H19NO6. The van der Waals surface area contributed by atoms with Crippen molar-refractivity contribution in [3.63, 3.8) is 0 Å². The molecule has 0 saturated carbocycles. The molecule has 0 bridgehead atoms. The fraction of sp³-hybridized carbons (Fsp3) is 0.0870. The maximum atomic E-state index is 12.8. The van der Waals surface area contributed by atoms with E-state index in [1.54, 1.807) is 12.1 Å². The van der Waals surface area contributed by atoms with Gasteiger partial charge in [-0.2, -0.15) is 0 Å². The minimum absolute atomic E-state index is 0.0244. The number of aromatic carboxylic acids is 1. The molecule has 0 aromatic heterocycles. The summed E-state index contributed by atoms with van der Waals surface area (Å²) in [6.45, 7) is 1.44. The lowest BCUT2D eigenvalue weighted by Gasteiger charge is -2.14. The Kier molecular flexibility index (Phi) is 6.44. The third-order valence-electron chi connectivity index (χ3n) is 4.10. The van der Waals surface area contributed by atoms with Gasteiger partial charge < -0.3 is 19.9 Å². The second-order valence-corrected chi connectivity index (χ2v) is 6.33. The van der Waals surface area contributed by atoms with Crippen molar-refractivity contribution in [2.45, 2.75) is 13.5 Å². The number of hydrogen-bond acceptors (Lipinski definition) is 5. The molecule has 7 nitrogen and oxygen atoms in total. The molecule has 0 spiro atoms. The predicted octanol–water partition coefficient (Wildman–Crippen LogP) is 4.14. The van der Waals surface area contributed by atoms with E-state index >= 15 is 0 Å². The summed E-state index contributed by atoms with van der Waals surface area (Å²) in [5.41, 5.74) is 1.36. The summed E-state index contributed by atoms with van der Waals surface area (Å²) in [5, 5.41) is 12.0. The van der Waals surface area contributed by atoms with Gasteiger partial charge in [-0.25, -0.2) is 4.79 Å². The number of ether oxygens (including phenoxy) is 2. The number of para-hydroxylation sites is 1. The van der Waals surface area contributed by atoms with Crippen LogP contribution in [0.5, 0.6) is 11.5 Å². The molecule has 0 unspecified atom stereocenters. The highest BCUT2D eigenvalue weighted by Crippen LogP contribution is 2.29. The van der Waals surface area contributed by atoms with Crippen LogP contribution in [-0.2, 0) is 11.4 Å². The second kappa shape index (κ2) is 9.38. The number of hydrogen-bond donors (Lipinski definition) is 2. The minimum atomic E-state index is -1.11. The summed E-state index contributed by atoms with van der Waals surface area (Å²) in [6, 6.07) is 19.8. The molecule has 30 heavy (non-hydrogen) atoms. The van der Waals surface area contributed by atoms with E-state index in [0.29, 0.717) is 5.69 Å². The van der Waals surface area contributed by atoms with E-state index in [2.05, 4.69) is 5.32 Å². The quantitative estimate of drug-likeness (QED) is 0.452. The first-order valence-corrected chi connectivity index (χ1v) is 9.07. The zero-order valence-corrected chi connectivity index (χ0v) is 16.1. The van der Waals surface area contributed by atoms with Crippen molar-refractivity contribution in [3.8, 4) is 11.5 Å². The highest BCUT2D eigenvalue weighted by molar-refractivity contribution is 6.07. The van der Waals surface area contributed by atoms with Crippen LogP contribution < -0.4 is 14.8 Å². The number of anilines is 1. The number of rotatable bonds is 7. The van der Waals surface area contributed by atoms with Crippen LogP contribution in [0.4, 0.5) is 5.69 Å². The van der Waals surface area contributed by atoms with Crippen molar-refractivity contribution in [1.29, 1.82) is 0 Å². The van der Waals surface area contributed by atoms with E-state index in [9.17, 15) is 19.5 Å². The van der Waals surface area contributed by atoms with Crippen molar-refractivity contribution >= 4 is 23.5 Å². The monoisotopic (exact) mass is 405 g/mol. The molecule has 3 aromatic carbocycles. The van der Waals surface area contributed by atoms with Gasteiger partial charge in [0.05, 0.1) is 16.8 Å². The van der Waals surface area contributed by atoms with Crippen molar-refractivity contribution in [1.82, 2.24) is 0 Å². The zero-order valence-electron chi connectivity index (χ0n) is 16.1. The normalized spacial score (nSPS) is 10.2. The van der Waals surface area contributed by atoms with Gasteiger partial charge in [0, 0.05) is 6.92 Å². The van der Waals surface area contributed by atoms with Crippen LogP contribution in [0.1, 0.15) is 33.2 Å². The number of carbonyl (C=O) groups excluding carboxylic acids is 2. The molecule has 7 heteroatoms. The number of carboxylic acid groups (broad SMARTS) is 1. The lowest BCUT2D eigenvalue weighted by atomic mass is 10.1. The topological polar surface area (TPSA) is 102 Å². The maximum absolute atomic E-state index is 12.8. The molecule has 2 N–H and O–H groups in total. The SMILES string of the molecule is CC(=O)Oc1ccccc1C(=O)Nc1ccc(C(=O)O)cc1OCc1ccccc1. The smallest absolute Gasteiger partial charge is 0.335 e. The number of carbonyl (C=O) groups is 3. The summed E-state index contributed by atoms with van der Waals surface area (Å²) < 4.78 is 10.9. The van der Waals surface area contributed by atoms with Gasteiger partial charge in [-0.15, -0.1) is 0 Å². The highest BCUT2D eigenvalue weighted by Gasteiger charge is 2.17.